The Morgan fingerprint density at radius 2 is 2.14 bits per heavy atom. The van der Waals surface area contributed by atoms with Gasteiger partial charge in [-0.15, -0.1) is 0 Å². The lowest BCUT2D eigenvalue weighted by Crippen LogP contribution is -1.99. The van der Waals surface area contributed by atoms with Gasteiger partial charge in [-0.3, -0.25) is 0 Å². The van der Waals surface area contributed by atoms with Crippen LogP contribution < -0.4 is 0 Å². The topological polar surface area (TPSA) is 29.5 Å². The highest BCUT2D eigenvalue weighted by atomic mass is 16.5. The number of ether oxygens (including phenoxy) is 1. The first-order valence-electron chi connectivity index (χ1n) is 2.31. The molecule has 0 aromatic heterocycles. The summed E-state index contributed by atoms with van der Waals surface area (Å²) in [5.41, 5.74) is 0. The summed E-state index contributed by atoms with van der Waals surface area (Å²) in [5, 5.41) is 8.18. The van der Waals surface area contributed by atoms with Crippen LogP contribution in [0.15, 0.2) is 0 Å². The zero-order valence-electron chi connectivity index (χ0n) is 4.77. The van der Waals surface area contributed by atoms with E-state index < -0.39 is 0 Å². The summed E-state index contributed by atoms with van der Waals surface area (Å²) in [4.78, 5) is 0. The SMILES string of the molecule is C[C](C)OCCO. The van der Waals surface area contributed by atoms with E-state index in [1.165, 1.54) is 0 Å². The minimum atomic E-state index is 0.102. The molecular weight excluding hydrogens is 92.1 g/mol. The Hall–Kier alpha value is -0.0800. The molecule has 1 radical (unpaired) electrons. The molecule has 0 spiro atoms. The zero-order valence-corrected chi connectivity index (χ0v) is 4.77. The Balaban J connectivity index is 2.68. The van der Waals surface area contributed by atoms with Gasteiger partial charge in [0.2, 0.25) is 0 Å². The van der Waals surface area contributed by atoms with Crippen molar-refractivity contribution >= 4 is 0 Å². The van der Waals surface area contributed by atoms with Gasteiger partial charge in [0.05, 0.1) is 19.3 Å². The molecule has 0 bridgehead atoms. The highest BCUT2D eigenvalue weighted by Crippen LogP contribution is 1.94. The smallest absolute Gasteiger partial charge is 0.0910 e. The van der Waals surface area contributed by atoms with E-state index >= 15 is 0 Å². The van der Waals surface area contributed by atoms with Crippen molar-refractivity contribution in [3.05, 3.63) is 6.10 Å². The van der Waals surface area contributed by atoms with Crippen LogP contribution in [0.3, 0.4) is 0 Å². The second-order valence-electron chi connectivity index (χ2n) is 1.48. The summed E-state index contributed by atoms with van der Waals surface area (Å²) in [6.45, 7) is 4.23. The lowest BCUT2D eigenvalue weighted by Gasteiger charge is -2.01. The highest BCUT2D eigenvalue weighted by Gasteiger charge is 1.89. The van der Waals surface area contributed by atoms with Gasteiger partial charge in [-0.25, -0.2) is 0 Å². The van der Waals surface area contributed by atoms with Crippen LogP contribution in [-0.2, 0) is 4.74 Å². The van der Waals surface area contributed by atoms with Gasteiger partial charge in [0, 0.05) is 0 Å². The molecule has 0 rings (SSSR count). The lowest BCUT2D eigenvalue weighted by atomic mass is 10.5. The van der Waals surface area contributed by atoms with Gasteiger partial charge in [0.1, 0.15) is 0 Å². The van der Waals surface area contributed by atoms with E-state index in [4.69, 9.17) is 9.84 Å². The van der Waals surface area contributed by atoms with Crippen LogP contribution in [0.25, 0.3) is 0 Å². The van der Waals surface area contributed by atoms with Crippen LogP contribution in [0.2, 0.25) is 0 Å². The monoisotopic (exact) mass is 103 g/mol. The predicted molar refractivity (Wildman–Crippen MR) is 27.6 cm³/mol. The summed E-state index contributed by atoms with van der Waals surface area (Å²) in [7, 11) is 0. The van der Waals surface area contributed by atoms with E-state index in [1.54, 1.807) is 0 Å². The van der Waals surface area contributed by atoms with Crippen molar-refractivity contribution in [2.75, 3.05) is 13.2 Å². The summed E-state index contributed by atoms with van der Waals surface area (Å²) >= 11 is 0. The molecule has 1 N–H and O–H groups in total. The molecule has 2 heteroatoms. The third-order valence-electron chi connectivity index (χ3n) is 0.482. The fourth-order valence-corrected chi connectivity index (χ4v) is 0.250. The molecule has 0 saturated carbocycles. The van der Waals surface area contributed by atoms with Gasteiger partial charge < -0.3 is 9.84 Å². The van der Waals surface area contributed by atoms with E-state index in [9.17, 15) is 0 Å². The number of aliphatic hydroxyl groups excluding tert-OH is 1. The second-order valence-corrected chi connectivity index (χ2v) is 1.48. The highest BCUT2D eigenvalue weighted by molar-refractivity contribution is 4.58. The number of hydrogen-bond donors (Lipinski definition) is 1. The maximum Gasteiger partial charge on any atom is 0.0910 e. The molecular formula is C5H11O2. The Morgan fingerprint density at radius 3 is 2.29 bits per heavy atom. The zero-order chi connectivity index (χ0) is 5.70. The van der Waals surface area contributed by atoms with Crippen molar-refractivity contribution in [3.8, 4) is 0 Å². The van der Waals surface area contributed by atoms with Crippen molar-refractivity contribution in [2.24, 2.45) is 0 Å². The van der Waals surface area contributed by atoms with E-state index in [0.717, 1.165) is 6.10 Å². The van der Waals surface area contributed by atoms with Crippen molar-refractivity contribution in [3.63, 3.8) is 0 Å². The molecule has 0 aliphatic rings. The normalized spacial score (nSPS) is 10.3. The molecule has 0 amide bonds. The van der Waals surface area contributed by atoms with Crippen LogP contribution in [0.5, 0.6) is 0 Å². The maximum absolute atomic E-state index is 8.18. The Morgan fingerprint density at radius 1 is 1.57 bits per heavy atom. The van der Waals surface area contributed by atoms with Gasteiger partial charge in [-0.1, -0.05) is 0 Å². The van der Waals surface area contributed by atoms with Crippen molar-refractivity contribution in [1.29, 1.82) is 0 Å². The first-order chi connectivity index (χ1) is 3.27. The van der Waals surface area contributed by atoms with Crippen LogP contribution in [0, 0.1) is 6.10 Å². The average molecular weight is 103 g/mol. The summed E-state index contributed by atoms with van der Waals surface area (Å²) in [6, 6.07) is 0. The standard InChI is InChI=1S/C5H11O2/c1-5(2)7-4-3-6/h6H,3-4H2,1-2H3. The van der Waals surface area contributed by atoms with Crippen LogP contribution in [0.1, 0.15) is 13.8 Å². The molecule has 43 valence electrons. The van der Waals surface area contributed by atoms with Crippen LogP contribution in [0.4, 0.5) is 0 Å². The van der Waals surface area contributed by atoms with Crippen LogP contribution >= 0.6 is 0 Å². The second kappa shape index (κ2) is 4.09. The number of hydrogen-bond acceptors (Lipinski definition) is 2. The molecule has 0 aromatic carbocycles. The Labute approximate surface area is 44.1 Å². The molecule has 0 aromatic rings. The first-order valence-corrected chi connectivity index (χ1v) is 2.31. The van der Waals surface area contributed by atoms with E-state index in [1.807, 2.05) is 13.8 Å². The van der Waals surface area contributed by atoms with Crippen molar-refractivity contribution < 1.29 is 9.84 Å². The van der Waals surface area contributed by atoms with Gasteiger partial charge in [-0.05, 0) is 13.8 Å². The predicted octanol–water partition coefficient (Wildman–Crippen LogP) is 0.567. The largest absolute Gasteiger partial charge is 0.394 e. The maximum atomic E-state index is 8.18. The minimum Gasteiger partial charge on any atom is -0.394 e. The van der Waals surface area contributed by atoms with E-state index in [0.29, 0.717) is 6.61 Å². The molecule has 0 unspecified atom stereocenters. The lowest BCUT2D eigenvalue weighted by molar-refractivity contribution is 0.108. The van der Waals surface area contributed by atoms with Crippen molar-refractivity contribution in [2.45, 2.75) is 13.8 Å². The summed E-state index contributed by atoms with van der Waals surface area (Å²) in [5.74, 6) is 0. The molecule has 0 aliphatic carbocycles. The molecule has 7 heavy (non-hydrogen) atoms. The summed E-state index contributed by atoms with van der Waals surface area (Å²) in [6.07, 6.45) is 0.897. The minimum absolute atomic E-state index is 0.102. The van der Waals surface area contributed by atoms with Gasteiger partial charge in [0.15, 0.2) is 0 Å². The van der Waals surface area contributed by atoms with E-state index in [-0.39, 0.29) is 6.61 Å². The fourth-order valence-electron chi connectivity index (χ4n) is 0.250. The Bertz CT molecular complexity index is 35.1. The molecule has 0 fully saturated rings. The van der Waals surface area contributed by atoms with Gasteiger partial charge >= 0.3 is 0 Å². The van der Waals surface area contributed by atoms with Crippen molar-refractivity contribution in [1.82, 2.24) is 0 Å². The third kappa shape index (κ3) is 5.92. The third-order valence-corrected chi connectivity index (χ3v) is 0.482. The van der Waals surface area contributed by atoms with E-state index in [2.05, 4.69) is 0 Å². The van der Waals surface area contributed by atoms with Gasteiger partial charge in [-0.2, -0.15) is 0 Å². The van der Waals surface area contributed by atoms with Gasteiger partial charge in [0.25, 0.3) is 0 Å². The molecule has 0 atom stereocenters. The van der Waals surface area contributed by atoms with Crippen LogP contribution in [-0.4, -0.2) is 18.3 Å². The molecule has 2 nitrogen and oxygen atoms in total. The molecule has 0 aliphatic heterocycles. The fraction of sp³-hybridized carbons (Fsp3) is 0.800. The Kier molecular flexibility index (Phi) is 4.04. The molecule has 0 saturated heterocycles. The number of aliphatic hydroxyl groups is 1. The molecule has 0 heterocycles. The average Bonchev–Trinajstić information content (AvgIpc) is 1.61. The quantitative estimate of drug-likeness (QED) is 0.565. The first kappa shape index (κ1) is 6.92. The summed E-state index contributed by atoms with van der Waals surface area (Å²) < 4.78 is 4.86. The number of rotatable bonds is 3.